The van der Waals surface area contributed by atoms with Crippen molar-refractivity contribution in [1.82, 2.24) is 0 Å². The number of ketones is 1. The molecule has 0 aliphatic heterocycles. The molecule has 3 unspecified atom stereocenters. The van der Waals surface area contributed by atoms with E-state index >= 15 is 0 Å². The van der Waals surface area contributed by atoms with Crippen molar-refractivity contribution in [2.45, 2.75) is 84.0 Å². The quantitative estimate of drug-likeness (QED) is 0.159. The Morgan fingerprint density at radius 3 is 2.34 bits per heavy atom. The van der Waals surface area contributed by atoms with Crippen LogP contribution in [-0.2, 0) is 33.4 Å². The van der Waals surface area contributed by atoms with Crippen molar-refractivity contribution in [3.63, 3.8) is 0 Å². The predicted molar refractivity (Wildman–Crippen MR) is 131 cm³/mol. The largest absolute Gasteiger partial charge is 0.466 e. The van der Waals surface area contributed by atoms with Crippen LogP contribution in [0.25, 0.3) is 0 Å². The maximum Gasteiger partial charge on any atom is 0.305 e. The van der Waals surface area contributed by atoms with E-state index in [-0.39, 0.29) is 42.9 Å². The van der Waals surface area contributed by atoms with Crippen molar-refractivity contribution >= 4 is 35.3 Å². The van der Waals surface area contributed by atoms with Crippen molar-refractivity contribution in [2.75, 3.05) is 6.61 Å². The number of Topliss-reactive ketones (excluding diaryl/α,β-unsaturated/α-hetero) is 1. The monoisotopic (exact) mass is 510 g/mol. The first-order valence-electron chi connectivity index (χ1n) is 11.7. The Balaban J connectivity index is 3.21. The van der Waals surface area contributed by atoms with Crippen LogP contribution >= 0.6 is 11.6 Å². The van der Waals surface area contributed by atoms with Gasteiger partial charge in [0.05, 0.1) is 11.6 Å². The molecule has 8 nitrogen and oxygen atoms in total. The van der Waals surface area contributed by atoms with E-state index in [0.717, 1.165) is 6.42 Å². The number of carbonyl (C=O) groups excluding carboxylic acids is 4. The number of halogens is 1. The molecule has 0 heterocycles. The Kier molecular flexibility index (Phi) is 13.3. The zero-order valence-corrected chi connectivity index (χ0v) is 21.5. The SMILES string of the molecule is CCC=CCC=CCC1(O)C=C(Cl)C(=O)C1=CC(OC(C)=O)C(CCCC(=O)OCC)OC(C)=O. The summed E-state index contributed by atoms with van der Waals surface area (Å²) < 4.78 is 15.6. The molecule has 0 bridgehead atoms. The van der Waals surface area contributed by atoms with Crippen LogP contribution in [0.1, 0.15) is 66.2 Å². The third-order valence-electron chi connectivity index (χ3n) is 5.06. The minimum Gasteiger partial charge on any atom is -0.466 e. The Morgan fingerprint density at radius 1 is 1.09 bits per heavy atom. The van der Waals surface area contributed by atoms with Gasteiger partial charge in [-0.3, -0.25) is 19.2 Å². The highest BCUT2D eigenvalue weighted by Crippen LogP contribution is 2.37. The normalized spacial score (nSPS) is 20.8. The van der Waals surface area contributed by atoms with E-state index in [1.165, 1.54) is 26.0 Å². The highest BCUT2D eigenvalue weighted by atomic mass is 35.5. The van der Waals surface area contributed by atoms with Gasteiger partial charge in [0.15, 0.2) is 6.10 Å². The summed E-state index contributed by atoms with van der Waals surface area (Å²) in [5.41, 5.74) is -1.80. The molecule has 0 saturated carbocycles. The first kappa shape index (κ1) is 30.3. The maximum atomic E-state index is 12.8. The third-order valence-corrected chi connectivity index (χ3v) is 5.34. The first-order valence-corrected chi connectivity index (χ1v) is 12.1. The smallest absolute Gasteiger partial charge is 0.305 e. The van der Waals surface area contributed by atoms with E-state index in [0.29, 0.717) is 6.42 Å². The molecule has 0 aromatic rings. The predicted octanol–water partition coefficient (Wildman–Crippen LogP) is 4.25. The summed E-state index contributed by atoms with van der Waals surface area (Å²) in [6.07, 6.45) is 10.1. The second-order valence-corrected chi connectivity index (χ2v) is 8.44. The standard InChI is InChI=1S/C26H35ClO8/c1-5-7-8-9-10-11-15-26(32)17-21(27)25(31)20(26)16-23(35-19(4)29)22(34-18(3)28)13-12-14-24(30)33-6-2/h7-8,10-11,16-17,22-23,32H,5-6,9,12-15H2,1-4H3. The number of allylic oxidation sites excluding steroid dienone is 4. The molecule has 194 valence electrons. The lowest BCUT2D eigenvalue weighted by atomic mass is 9.90. The molecule has 3 atom stereocenters. The molecule has 1 aliphatic carbocycles. The van der Waals surface area contributed by atoms with Crippen LogP contribution in [0.5, 0.6) is 0 Å². The third kappa shape index (κ3) is 10.6. The Morgan fingerprint density at radius 2 is 1.74 bits per heavy atom. The Bertz CT molecular complexity index is 886. The molecule has 0 aromatic carbocycles. The minimum absolute atomic E-state index is 0.0641. The van der Waals surface area contributed by atoms with Gasteiger partial charge < -0.3 is 19.3 Å². The fourth-order valence-electron chi connectivity index (χ4n) is 3.53. The van der Waals surface area contributed by atoms with E-state index in [1.807, 2.05) is 25.2 Å². The van der Waals surface area contributed by atoms with Gasteiger partial charge in [-0.25, -0.2) is 0 Å². The first-order chi connectivity index (χ1) is 16.5. The molecule has 9 heteroatoms. The number of rotatable bonds is 14. The van der Waals surface area contributed by atoms with Gasteiger partial charge >= 0.3 is 17.9 Å². The number of aliphatic hydroxyl groups is 1. The Hall–Kier alpha value is -2.71. The fraction of sp³-hybridized carbons (Fsp3) is 0.538. The van der Waals surface area contributed by atoms with E-state index in [4.69, 9.17) is 25.8 Å². The van der Waals surface area contributed by atoms with Crippen LogP contribution in [0.2, 0.25) is 0 Å². The van der Waals surface area contributed by atoms with Crippen molar-refractivity contribution < 1.29 is 38.5 Å². The van der Waals surface area contributed by atoms with Gasteiger partial charge in [-0.15, -0.1) is 0 Å². The van der Waals surface area contributed by atoms with Crippen molar-refractivity contribution in [1.29, 1.82) is 0 Å². The van der Waals surface area contributed by atoms with Crippen molar-refractivity contribution in [2.24, 2.45) is 0 Å². The molecule has 0 radical (unpaired) electrons. The lowest BCUT2D eigenvalue weighted by Crippen LogP contribution is -2.36. The molecular formula is C26H35ClO8. The van der Waals surface area contributed by atoms with Crippen LogP contribution in [0.15, 0.2) is 47.1 Å². The summed E-state index contributed by atoms with van der Waals surface area (Å²) in [4.78, 5) is 48.0. The molecule has 1 rings (SSSR count). The Labute approximate surface area is 211 Å². The van der Waals surface area contributed by atoms with Gasteiger partial charge in [-0.1, -0.05) is 42.8 Å². The number of ether oxygens (including phenoxy) is 3. The second-order valence-electron chi connectivity index (χ2n) is 8.04. The van der Waals surface area contributed by atoms with E-state index in [9.17, 15) is 24.3 Å². The lowest BCUT2D eigenvalue weighted by Gasteiger charge is -2.27. The van der Waals surface area contributed by atoms with Gasteiger partial charge in [0.25, 0.3) is 0 Å². The van der Waals surface area contributed by atoms with Crippen LogP contribution in [0.3, 0.4) is 0 Å². The summed E-state index contributed by atoms with van der Waals surface area (Å²) in [5.74, 6) is -2.33. The van der Waals surface area contributed by atoms with Gasteiger partial charge in [0.1, 0.15) is 11.7 Å². The van der Waals surface area contributed by atoms with Gasteiger partial charge in [0, 0.05) is 32.3 Å². The summed E-state index contributed by atoms with van der Waals surface area (Å²) in [7, 11) is 0. The van der Waals surface area contributed by atoms with E-state index in [1.54, 1.807) is 13.0 Å². The van der Waals surface area contributed by atoms with Crippen LogP contribution in [-0.4, -0.2) is 53.2 Å². The van der Waals surface area contributed by atoms with Crippen LogP contribution in [0, 0.1) is 0 Å². The van der Waals surface area contributed by atoms with Gasteiger partial charge in [-0.2, -0.15) is 0 Å². The summed E-state index contributed by atoms with van der Waals surface area (Å²) in [6.45, 7) is 6.33. The average molecular weight is 511 g/mol. The van der Waals surface area contributed by atoms with E-state index in [2.05, 4.69) is 0 Å². The fourth-order valence-corrected chi connectivity index (χ4v) is 3.81. The second kappa shape index (κ2) is 15.3. The summed E-state index contributed by atoms with van der Waals surface area (Å²) in [5, 5.41) is 11.1. The zero-order valence-electron chi connectivity index (χ0n) is 20.8. The van der Waals surface area contributed by atoms with Gasteiger partial charge in [-0.05, 0) is 44.8 Å². The molecule has 0 amide bonds. The lowest BCUT2D eigenvalue weighted by molar-refractivity contribution is -0.162. The highest BCUT2D eigenvalue weighted by molar-refractivity contribution is 6.46. The topological polar surface area (TPSA) is 116 Å². The van der Waals surface area contributed by atoms with Crippen LogP contribution < -0.4 is 0 Å². The van der Waals surface area contributed by atoms with E-state index < -0.39 is 41.5 Å². The van der Waals surface area contributed by atoms with Crippen molar-refractivity contribution in [3.05, 3.63) is 47.1 Å². The minimum atomic E-state index is -1.72. The number of esters is 3. The molecule has 35 heavy (non-hydrogen) atoms. The highest BCUT2D eigenvalue weighted by Gasteiger charge is 2.42. The zero-order chi connectivity index (χ0) is 26.4. The molecule has 0 fully saturated rings. The van der Waals surface area contributed by atoms with Crippen LogP contribution in [0.4, 0.5) is 0 Å². The summed E-state index contributed by atoms with van der Waals surface area (Å²) in [6, 6.07) is 0. The molecule has 1 N–H and O–H groups in total. The molecule has 0 aromatic heterocycles. The maximum absolute atomic E-state index is 12.8. The number of hydrogen-bond acceptors (Lipinski definition) is 8. The van der Waals surface area contributed by atoms with Crippen molar-refractivity contribution in [3.8, 4) is 0 Å². The number of carbonyl (C=O) groups is 4. The molecule has 1 aliphatic rings. The average Bonchev–Trinajstić information content (AvgIpc) is 2.97. The van der Waals surface area contributed by atoms with Gasteiger partial charge in [0.2, 0.25) is 5.78 Å². The summed E-state index contributed by atoms with van der Waals surface area (Å²) >= 11 is 6.06. The molecule has 0 spiro atoms. The molecular weight excluding hydrogens is 476 g/mol. The number of hydrogen-bond donors (Lipinski definition) is 1. The molecule has 0 saturated heterocycles.